The molecule has 1 aliphatic carbocycles. The standard InChI is InChI=1S/C18H23NO4S/c1-11(24-14-7-5-13(23-2)6-8-14)17(20)19-9-15(12-3-4-12)16(10-19)18(21)22/h5-8,11-12,15-16H,3-4,9-10H2,1-2H3,(H,21,22)/t11?,15-,16+/m1/s1. The van der Waals surface area contributed by atoms with E-state index in [1.807, 2.05) is 31.2 Å². The summed E-state index contributed by atoms with van der Waals surface area (Å²) >= 11 is 1.50. The molecule has 0 aromatic heterocycles. The first kappa shape index (κ1) is 17.1. The number of benzene rings is 1. The van der Waals surface area contributed by atoms with E-state index in [1.54, 1.807) is 12.0 Å². The van der Waals surface area contributed by atoms with Crippen molar-refractivity contribution in [1.82, 2.24) is 4.90 Å². The van der Waals surface area contributed by atoms with Crippen LogP contribution in [-0.4, -0.2) is 47.3 Å². The zero-order chi connectivity index (χ0) is 17.3. The number of hydrogen-bond donors (Lipinski definition) is 1. The normalized spacial score (nSPS) is 24.7. The minimum Gasteiger partial charge on any atom is -0.497 e. The Balaban J connectivity index is 1.61. The zero-order valence-corrected chi connectivity index (χ0v) is 14.8. The summed E-state index contributed by atoms with van der Waals surface area (Å²) < 4.78 is 5.14. The minimum atomic E-state index is -0.766. The van der Waals surface area contributed by atoms with Gasteiger partial charge in [0.05, 0.1) is 18.3 Å². The number of methoxy groups -OCH3 is 1. The molecule has 1 saturated heterocycles. The third-order valence-corrected chi connectivity index (χ3v) is 6.04. The van der Waals surface area contributed by atoms with Gasteiger partial charge in [0, 0.05) is 18.0 Å². The number of carbonyl (C=O) groups is 2. The van der Waals surface area contributed by atoms with Crippen molar-refractivity contribution < 1.29 is 19.4 Å². The van der Waals surface area contributed by atoms with Crippen LogP contribution in [0.25, 0.3) is 0 Å². The van der Waals surface area contributed by atoms with E-state index in [4.69, 9.17) is 4.74 Å². The van der Waals surface area contributed by atoms with Gasteiger partial charge in [-0.05, 0) is 55.9 Å². The smallest absolute Gasteiger partial charge is 0.308 e. The summed E-state index contributed by atoms with van der Waals surface area (Å²) in [5.74, 6) is 0.273. The summed E-state index contributed by atoms with van der Waals surface area (Å²) in [7, 11) is 1.62. The third-order valence-electron chi connectivity index (χ3n) is 4.94. The maximum absolute atomic E-state index is 12.7. The van der Waals surface area contributed by atoms with Gasteiger partial charge in [-0.1, -0.05) is 0 Å². The van der Waals surface area contributed by atoms with Crippen molar-refractivity contribution in [2.45, 2.75) is 29.9 Å². The van der Waals surface area contributed by atoms with E-state index in [0.717, 1.165) is 23.5 Å². The number of ether oxygens (including phenoxy) is 1. The molecule has 1 saturated carbocycles. The van der Waals surface area contributed by atoms with Gasteiger partial charge < -0.3 is 14.7 Å². The summed E-state index contributed by atoms with van der Waals surface area (Å²) in [4.78, 5) is 27.0. The molecule has 1 aliphatic heterocycles. The molecule has 5 nitrogen and oxygen atoms in total. The van der Waals surface area contributed by atoms with Crippen LogP contribution in [0.5, 0.6) is 5.75 Å². The maximum Gasteiger partial charge on any atom is 0.308 e. The molecule has 1 heterocycles. The van der Waals surface area contributed by atoms with E-state index in [1.165, 1.54) is 11.8 Å². The summed E-state index contributed by atoms with van der Waals surface area (Å²) in [6.45, 7) is 2.83. The molecule has 2 fully saturated rings. The fourth-order valence-corrected chi connectivity index (χ4v) is 4.39. The number of hydrogen-bond acceptors (Lipinski definition) is 4. The number of nitrogens with zero attached hydrogens (tertiary/aromatic N) is 1. The highest BCUT2D eigenvalue weighted by molar-refractivity contribution is 8.00. The van der Waals surface area contributed by atoms with Crippen molar-refractivity contribution in [3.8, 4) is 5.75 Å². The van der Waals surface area contributed by atoms with E-state index in [9.17, 15) is 14.7 Å². The highest BCUT2D eigenvalue weighted by Crippen LogP contribution is 2.44. The van der Waals surface area contributed by atoms with E-state index in [0.29, 0.717) is 19.0 Å². The van der Waals surface area contributed by atoms with Gasteiger partial charge in [-0.25, -0.2) is 0 Å². The quantitative estimate of drug-likeness (QED) is 0.800. The second kappa shape index (κ2) is 7.05. The van der Waals surface area contributed by atoms with Gasteiger partial charge in [-0.2, -0.15) is 0 Å². The first-order valence-corrected chi connectivity index (χ1v) is 9.20. The number of aliphatic carboxylic acids is 1. The van der Waals surface area contributed by atoms with Crippen LogP contribution in [0.4, 0.5) is 0 Å². The van der Waals surface area contributed by atoms with Crippen LogP contribution in [-0.2, 0) is 9.59 Å². The van der Waals surface area contributed by atoms with E-state index in [-0.39, 0.29) is 17.1 Å². The van der Waals surface area contributed by atoms with E-state index < -0.39 is 11.9 Å². The van der Waals surface area contributed by atoms with Gasteiger partial charge in [-0.15, -0.1) is 11.8 Å². The van der Waals surface area contributed by atoms with Crippen molar-refractivity contribution in [1.29, 1.82) is 0 Å². The maximum atomic E-state index is 12.7. The number of carboxylic acid groups (broad SMARTS) is 1. The van der Waals surface area contributed by atoms with Crippen LogP contribution >= 0.6 is 11.8 Å². The molecule has 2 aliphatic rings. The number of rotatable bonds is 6. The topological polar surface area (TPSA) is 66.8 Å². The van der Waals surface area contributed by atoms with Gasteiger partial charge in [0.2, 0.25) is 5.91 Å². The highest BCUT2D eigenvalue weighted by atomic mass is 32.2. The Labute approximate surface area is 146 Å². The van der Waals surface area contributed by atoms with Crippen molar-refractivity contribution in [3.63, 3.8) is 0 Å². The Morgan fingerprint density at radius 3 is 2.46 bits per heavy atom. The number of carbonyl (C=O) groups excluding carboxylic acids is 1. The Hall–Kier alpha value is -1.69. The molecule has 1 N–H and O–H groups in total. The van der Waals surface area contributed by atoms with Crippen molar-refractivity contribution in [2.75, 3.05) is 20.2 Å². The van der Waals surface area contributed by atoms with Crippen LogP contribution in [0.3, 0.4) is 0 Å². The molecule has 1 aromatic carbocycles. The van der Waals surface area contributed by atoms with Gasteiger partial charge >= 0.3 is 5.97 Å². The van der Waals surface area contributed by atoms with Gasteiger partial charge in [0.1, 0.15) is 5.75 Å². The SMILES string of the molecule is COc1ccc(SC(C)C(=O)N2C[C@H](C(=O)O)[C@@H](C3CC3)C2)cc1. The molecule has 0 bridgehead atoms. The second-order valence-electron chi connectivity index (χ2n) is 6.62. The second-order valence-corrected chi connectivity index (χ2v) is 8.04. The lowest BCUT2D eigenvalue weighted by Gasteiger charge is -2.20. The van der Waals surface area contributed by atoms with Crippen LogP contribution in [0.15, 0.2) is 29.2 Å². The molecule has 6 heteroatoms. The summed E-state index contributed by atoms with van der Waals surface area (Å²) in [5.41, 5.74) is 0. The highest BCUT2D eigenvalue weighted by Gasteiger charge is 2.47. The fraction of sp³-hybridized carbons (Fsp3) is 0.556. The summed E-state index contributed by atoms with van der Waals surface area (Å²) in [6.07, 6.45) is 2.21. The summed E-state index contributed by atoms with van der Waals surface area (Å²) in [6, 6.07) is 7.62. The lowest BCUT2D eigenvalue weighted by atomic mass is 9.92. The van der Waals surface area contributed by atoms with Crippen LogP contribution in [0.2, 0.25) is 0 Å². The molecule has 1 aromatic rings. The van der Waals surface area contributed by atoms with Crippen molar-refractivity contribution in [2.24, 2.45) is 17.8 Å². The summed E-state index contributed by atoms with van der Waals surface area (Å²) in [5, 5.41) is 9.20. The molecule has 0 radical (unpaired) electrons. The third kappa shape index (κ3) is 3.69. The van der Waals surface area contributed by atoms with E-state index in [2.05, 4.69) is 0 Å². The Morgan fingerprint density at radius 2 is 1.92 bits per heavy atom. The zero-order valence-electron chi connectivity index (χ0n) is 14.0. The van der Waals surface area contributed by atoms with Gasteiger partial charge in [-0.3, -0.25) is 9.59 Å². The predicted octanol–water partition coefficient (Wildman–Crippen LogP) is 2.75. The molecule has 3 atom stereocenters. The number of likely N-dealkylation sites (tertiary alicyclic amines) is 1. The average Bonchev–Trinajstić information content (AvgIpc) is 3.32. The Kier molecular flexibility index (Phi) is 5.04. The van der Waals surface area contributed by atoms with E-state index >= 15 is 0 Å². The monoisotopic (exact) mass is 349 g/mol. The lowest BCUT2D eigenvalue weighted by Crippen LogP contribution is -2.35. The van der Waals surface area contributed by atoms with Gasteiger partial charge in [0.15, 0.2) is 0 Å². The fourth-order valence-electron chi connectivity index (χ4n) is 3.44. The van der Waals surface area contributed by atoms with Crippen LogP contribution in [0.1, 0.15) is 19.8 Å². The number of thioether (sulfide) groups is 1. The molecular weight excluding hydrogens is 326 g/mol. The first-order chi connectivity index (χ1) is 11.5. The van der Waals surface area contributed by atoms with Crippen molar-refractivity contribution in [3.05, 3.63) is 24.3 Å². The number of amides is 1. The minimum absolute atomic E-state index is 0.0326. The molecule has 130 valence electrons. The van der Waals surface area contributed by atoms with Crippen molar-refractivity contribution >= 4 is 23.6 Å². The molecular formula is C18H23NO4S. The van der Waals surface area contributed by atoms with Crippen LogP contribution < -0.4 is 4.74 Å². The molecule has 1 unspecified atom stereocenters. The first-order valence-electron chi connectivity index (χ1n) is 8.32. The Bertz CT molecular complexity index is 614. The Morgan fingerprint density at radius 1 is 1.25 bits per heavy atom. The molecule has 24 heavy (non-hydrogen) atoms. The number of carboxylic acids is 1. The van der Waals surface area contributed by atoms with Crippen LogP contribution in [0, 0.1) is 17.8 Å². The molecule has 3 rings (SSSR count). The lowest BCUT2D eigenvalue weighted by molar-refractivity contribution is -0.142. The molecule has 1 amide bonds. The average molecular weight is 349 g/mol. The van der Waals surface area contributed by atoms with Gasteiger partial charge in [0.25, 0.3) is 0 Å². The molecule has 0 spiro atoms. The largest absolute Gasteiger partial charge is 0.497 e. The predicted molar refractivity (Wildman–Crippen MR) is 92.2 cm³/mol.